The fraction of sp³-hybridized carbons (Fsp3) is 0.400. The normalized spacial score (nSPS) is 13.2. The number of carbonyl (C=O) groups is 3. The van der Waals surface area contributed by atoms with Crippen molar-refractivity contribution in [2.75, 3.05) is 26.4 Å². The van der Waals surface area contributed by atoms with Crippen LogP contribution in [0.1, 0.15) is 37.3 Å². The molecular weight excluding hydrogens is 424 g/mol. The van der Waals surface area contributed by atoms with E-state index in [0.717, 1.165) is 22.3 Å². The Labute approximate surface area is 193 Å². The van der Waals surface area contributed by atoms with Crippen LogP contribution < -0.4 is 10.6 Å². The van der Waals surface area contributed by atoms with Crippen LogP contribution in [-0.2, 0) is 19.1 Å². The molecule has 3 rings (SSSR count). The third-order valence-corrected chi connectivity index (χ3v) is 5.64. The Balaban J connectivity index is 1.37. The highest BCUT2D eigenvalue weighted by molar-refractivity contribution is 5.79. The van der Waals surface area contributed by atoms with Crippen LogP contribution in [0.25, 0.3) is 11.1 Å². The van der Waals surface area contributed by atoms with Crippen LogP contribution in [0.3, 0.4) is 0 Å². The second-order valence-electron chi connectivity index (χ2n) is 8.32. The fourth-order valence-corrected chi connectivity index (χ4v) is 3.93. The molecule has 3 N–H and O–H groups in total. The lowest BCUT2D eigenvalue weighted by Gasteiger charge is -2.20. The van der Waals surface area contributed by atoms with E-state index < -0.39 is 24.0 Å². The zero-order valence-electron chi connectivity index (χ0n) is 18.9. The number of carboxylic acid groups (broad SMARTS) is 1. The number of benzene rings is 2. The Morgan fingerprint density at radius 1 is 1.00 bits per heavy atom. The maximum atomic E-state index is 12.1. The molecule has 0 unspecified atom stereocenters. The number of nitrogens with one attached hydrogen (secondary N) is 2. The first-order valence-corrected chi connectivity index (χ1v) is 11.0. The molecule has 0 radical (unpaired) electrons. The highest BCUT2D eigenvalue weighted by Crippen LogP contribution is 2.44. The predicted molar refractivity (Wildman–Crippen MR) is 123 cm³/mol. The van der Waals surface area contributed by atoms with Gasteiger partial charge in [-0.05, 0) is 28.2 Å². The van der Waals surface area contributed by atoms with Crippen molar-refractivity contribution < 1.29 is 29.0 Å². The molecule has 0 heterocycles. The van der Waals surface area contributed by atoms with Crippen molar-refractivity contribution >= 4 is 18.0 Å². The van der Waals surface area contributed by atoms with Crippen molar-refractivity contribution in [1.29, 1.82) is 0 Å². The summed E-state index contributed by atoms with van der Waals surface area (Å²) in [6.07, 6.45) is -0.696. The average molecular weight is 455 g/mol. The highest BCUT2D eigenvalue weighted by atomic mass is 16.5. The minimum atomic E-state index is -0.970. The van der Waals surface area contributed by atoms with Crippen molar-refractivity contribution in [2.24, 2.45) is 5.92 Å². The monoisotopic (exact) mass is 454 g/mol. The van der Waals surface area contributed by atoms with Crippen LogP contribution in [0.5, 0.6) is 0 Å². The van der Waals surface area contributed by atoms with Gasteiger partial charge in [0.1, 0.15) is 13.2 Å². The van der Waals surface area contributed by atoms with E-state index in [0.29, 0.717) is 0 Å². The van der Waals surface area contributed by atoms with Gasteiger partial charge in [-0.1, -0.05) is 62.4 Å². The number of fused-ring (bicyclic) bond motifs is 3. The second kappa shape index (κ2) is 11.5. The Hall–Kier alpha value is -3.39. The number of ether oxygens (including phenoxy) is 2. The minimum absolute atomic E-state index is 0.0113. The fourth-order valence-electron chi connectivity index (χ4n) is 3.93. The van der Waals surface area contributed by atoms with Crippen molar-refractivity contribution in [2.45, 2.75) is 32.2 Å². The van der Waals surface area contributed by atoms with E-state index >= 15 is 0 Å². The van der Waals surface area contributed by atoms with E-state index in [4.69, 9.17) is 14.6 Å². The van der Waals surface area contributed by atoms with Crippen LogP contribution in [0, 0.1) is 5.92 Å². The molecule has 33 heavy (non-hydrogen) atoms. The molecule has 2 amide bonds. The van der Waals surface area contributed by atoms with Gasteiger partial charge in [0, 0.05) is 18.5 Å². The number of hydrogen-bond donors (Lipinski definition) is 3. The molecule has 1 atom stereocenters. The Morgan fingerprint density at radius 2 is 1.61 bits per heavy atom. The third-order valence-electron chi connectivity index (χ3n) is 5.64. The minimum Gasteiger partial charge on any atom is -0.481 e. The molecule has 0 bridgehead atoms. The molecule has 2 aromatic rings. The molecule has 8 heteroatoms. The summed E-state index contributed by atoms with van der Waals surface area (Å²) in [6, 6.07) is 15.8. The number of aliphatic carboxylic acids is 1. The summed E-state index contributed by atoms with van der Waals surface area (Å²) in [4.78, 5) is 34.9. The number of carboxylic acids is 1. The summed E-state index contributed by atoms with van der Waals surface area (Å²) < 4.78 is 10.7. The third kappa shape index (κ3) is 6.55. The maximum Gasteiger partial charge on any atom is 0.407 e. The van der Waals surface area contributed by atoms with Crippen LogP contribution in [-0.4, -0.2) is 55.5 Å². The Kier molecular flexibility index (Phi) is 8.43. The van der Waals surface area contributed by atoms with Gasteiger partial charge in [-0.2, -0.15) is 0 Å². The van der Waals surface area contributed by atoms with Crippen molar-refractivity contribution in [1.82, 2.24) is 10.6 Å². The molecule has 1 aliphatic rings. The van der Waals surface area contributed by atoms with E-state index in [1.54, 1.807) is 0 Å². The summed E-state index contributed by atoms with van der Waals surface area (Å²) in [7, 11) is 0. The van der Waals surface area contributed by atoms with Gasteiger partial charge in [-0.25, -0.2) is 4.79 Å². The molecule has 8 nitrogen and oxygen atoms in total. The summed E-state index contributed by atoms with van der Waals surface area (Å²) >= 11 is 0. The largest absolute Gasteiger partial charge is 0.481 e. The van der Waals surface area contributed by atoms with Gasteiger partial charge in [0.25, 0.3) is 0 Å². The Morgan fingerprint density at radius 3 is 2.18 bits per heavy atom. The standard InChI is InChI=1S/C25H30N2O6/c1-16(2)22(13-24(29)30)27-23(28)15-32-12-11-26-25(31)33-14-21-19-9-5-3-7-17(19)18-8-4-6-10-20(18)21/h3-10,16,21-22H,11-15H2,1-2H3,(H,26,31)(H,27,28)(H,29,30)/t22-/m1/s1. The molecule has 0 saturated carbocycles. The van der Waals surface area contributed by atoms with E-state index in [9.17, 15) is 14.4 Å². The first-order valence-electron chi connectivity index (χ1n) is 11.0. The number of alkyl carbamates (subject to hydrolysis) is 1. The van der Waals surface area contributed by atoms with E-state index in [1.807, 2.05) is 38.1 Å². The summed E-state index contributed by atoms with van der Waals surface area (Å²) in [5.74, 6) is -1.39. The molecule has 0 aromatic heterocycles. The van der Waals surface area contributed by atoms with E-state index in [2.05, 4.69) is 34.9 Å². The van der Waals surface area contributed by atoms with Crippen molar-refractivity contribution in [3.05, 3.63) is 59.7 Å². The lowest BCUT2D eigenvalue weighted by atomic mass is 9.98. The summed E-state index contributed by atoms with van der Waals surface area (Å²) in [5, 5.41) is 14.2. The van der Waals surface area contributed by atoms with Crippen LogP contribution in [0.4, 0.5) is 4.79 Å². The number of carbonyl (C=O) groups excluding carboxylic acids is 2. The lowest BCUT2D eigenvalue weighted by molar-refractivity contribution is -0.138. The van der Waals surface area contributed by atoms with Gasteiger partial charge in [0.2, 0.25) is 5.91 Å². The lowest BCUT2D eigenvalue weighted by Crippen LogP contribution is -2.42. The predicted octanol–water partition coefficient (Wildman–Crippen LogP) is 3.16. The SMILES string of the molecule is CC(C)[C@@H](CC(=O)O)NC(=O)COCCNC(=O)OCC1c2ccccc2-c2ccccc21. The van der Waals surface area contributed by atoms with Crippen molar-refractivity contribution in [3.8, 4) is 11.1 Å². The highest BCUT2D eigenvalue weighted by Gasteiger charge is 2.29. The molecular formula is C25H30N2O6. The first-order chi connectivity index (χ1) is 15.9. The van der Waals surface area contributed by atoms with Crippen LogP contribution in [0.2, 0.25) is 0 Å². The first kappa shape index (κ1) is 24.3. The zero-order valence-corrected chi connectivity index (χ0v) is 18.9. The smallest absolute Gasteiger partial charge is 0.407 e. The summed E-state index contributed by atoms with van der Waals surface area (Å²) in [6.45, 7) is 4.01. The number of rotatable bonds is 11. The summed E-state index contributed by atoms with van der Waals surface area (Å²) in [5.41, 5.74) is 4.61. The number of hydrogen-bond acceptors (Lipinski definition) is 5. The van der Waals surface area contributed by atoms with E-state index in [-0.39, 0.29) is 44.6 Å². The number of amides is 2. The molecule has 0 spiro atoms. The van der Waals surface area contributed by atoms with Crippen LogP contribution >= 0.6 is 0 Å². The zero-order chi connectivity index (χ0) is 23.8. The Bertz CT molecular complexity index is 945. The van der Waals surface area contributed by atoms with Gasteiger partial charge in [0.05, 0.1) is 13.0 Å². The van der Waals surface area contributed by atoms with Gasteiger partial charge in [-0.3, -0.25) is 9.59 Å². The van der Waals surface area contributed by atoms with Crippen LogP contribution in [0.15, 0.2) is 48.5 Å². The second-order valence-corrected chi connectivity index (χ2v) is 8.32. The molecule has 0 aliphatic heterocycles. The topological polar surface area (TPSA) is 114 Å². The molecule has 2 aromatic carbocycles. The quantitative estimate of drug-likeness (QED) is 0.450. The molecule has 0 saturated heterocycles. The molecule has 0 fully saturated rings. The molecule has 176 valence electrons. The maximum absolute atomic E-state index is 12.1. The van der Waals surface area contributed by atoms with Gasteiger partial charge in [0.15, 0.2) is 0 Å². The van der Waals surface area contributed by atoms with E-state index in [1.165, 1.54) is 0 Å². The van der Waals surface area contributed by atoms with Gasteiger partial charge < -0.3 is 25.2 Å². The van der Waals surface area contributed by atoms with Crippen molar-refractivity contribution in [3.63, 3.8) is 0 Å². The van der Waals surface area contributed by atoms with Gasteiger partial charge >= 0.3 is 12.1 Å². The van der Waals surface area contributed by atoms with Gasteiger partial charge in [-0.15, -0.1) is 0 Å². The average Bonchev–Trinajstić information content (AvgIpc) is 3.10. The molecule has 1 aliphatic carbocycles.